The number of piperidine rings is 1. The number of nitrogens with one attached hydrogen (secondary N) is 1. The number of methoxy groups -OCH3 is 1. The van der Waals surface area contributed by atoms with Crippen LogP contribution in [0.5, 0.6) is 5.75 Å². The number of nitrogens with zero attached hydrogens (tertiary/aromatic N) is 6. The Balaban J connectivity index is 1.21. The molecule has 43 heavy (non-hydrogen) atoms. The molecule has 1 saturated heterocycles. The Hall–Kier alpha value is -4.44. The Morgan fingerprint density at radius 2 is 1.95 bits per heavy atom. The van der Waals surface area contributed by atoms with Crippen LogP contribution in [0.25, 0.3) is 33.6 Å². The lowest BCUT2D eigenvalue weighted by Gasteiger charge is -2.27. The van der Waals surface area contributed by atoms with E-state index in [1.165, 1.54) is 12.8 Å². The van der Waals surface area contributed by atoms with E-state index < -0.39 is 0 Å². The lowest BCUT2D eigenvalue weighted by molar-refractivity contribution is 0.0700. The number of benzene rings is 1. The third-order valence-electron chi connectivity index (χ3n) is 9.60. The van der Waals surface area contributed by atoms with Gasteiger partial charge in [-0.25, -0.2) is 9.97 Å². The number of hydrogen-bond donors (Lipinski definition) is 2. The summed E-state index contributed by atoms with van der Waals surface area (Å²) in [6.07, 6.45) is 6.32. The number of carbonyl (C=O) groups is 1. The molecule has 2 bridgehead atoms. The van der Waals surface area contributed by atoms with Crippen molar-refractivity contribution in [1.82, 2.24) is 29.0 Å². The Kier molecular flexibility index (Phi) is 5.98. The molecule has 3 atom stereocenters. The molecule has 2 aliphatic carbocycles. The molecule has 0 unspecified atom stereocenters. The number of ether oxygens (including phenoxy) is 1. The van der Waals surface area contributed by atoms with Crippen molar-refractivity contribution in [3.05, 3.63) is 59.9 Å². The van der Waals surface area contributed by atoms with Crippen molar-refractivity contribution >= 4 is 39.5 Å². The van der Waals surface area contributed by atoms with Crippen LogP contribution in [0.1, 0.15) is 41.7 Å². The van der Waals surface area contributed by atoms with Gasteiger partial charge in [0, 0.05) is 60.7 Å². The van der Waals surface area contributed by atoms with E-state index in [1.807, 2.05) is 49.2 Å². The zero-order chi connectivity index (χ0) is 29.4. The van der Waals surface area contributed by atoms with Crippen LogP contribution in [-0.2, 0) is 13.6 Å². The summed E-state index contributed by atoms with van der Waals surface area (Å²) in [5.74, 6) is 3.27. The summed E-state index contributed by atoms with van der Waals surface area (Å²) in [5, 5.41) is 4.49. The predicted molar refractivity (Wildman–Crippen MR) is 166 cm³/mol. The second-order valence-electron chi connectivity index (χ2n) is 12.5. The zero-order valence-corrected chi connectivity index (χ0v) is 24.7. The van der Waals surface area contributed by atoms with Crippen molar-refractivity contribution < 1.29 is 9.53 Å². The topological polar surface area (TPSA) is 116 Å². The van der Waals surface area contributed by atoms with Crippen LogP contribution < -0.4 is 15.8 Å². The molecule has 5 heterocycles. The molecule has 5 aromatic rings. The number of carbonyl (C=O) groups excluding carboxylic acids is 1. The van der Waals surface area contributed by atoms with Gasteiger partial charge < -0.3 is 29.8 Å². The molecular weight excluding hydrogens is 540 g/mol. The van der Waals surface area contributed by atoms with Crippen molar-refractivity contribution in [3.8, 4) is 17.3 Å². The second-order valence-corrected chi connectivity index (χ2v) is 12.5. The number of fused-ring (bicyclic) bond motifs is 4. The van der Waals surface area contributed by atoms with Gasteiger partial charge in [0.15, 0.2) is 5.82 Å². The number of anilines is 2. The minimum Gasteiger partial charge on any atom is -0.494 e. The molecule has 1 aromatic carbocycles. The van der Waals surface area contributed by atoms with E-state index in [2.05, 4.69) is 31.6 Å². The van der Waals surface area contributed by atoms with Gasteiger partial charge in [0.25, 0.3) is 5.91 Å². The van der Waals surface area contributed by atoms with Gasteiger partial charge in [0.1, 0.15) is 22.7 Å². The number of imidazole rings is 1. The average molecular weight is 577 g/mol. The van der Waals surface area contributed by atoms with Gasteiger partial charge in [-0.05, 0) is 86.9 Å². The first kappa shape index (κ1) is 26.2. The quantitative estimate of drug-likeness (QED) is 0.280. The second kappa shape index (κ2) is 9.80. The van der Waals surface area contributed by atoms with Crippen LogP contribution in [-0.4, -0.2) is 60.6 Å². The normalized spacial score (nSPS) is 21.3. The van der Waals surface area contributed by atoms with E-state index in [9.17, 15) is 4.79 Å². The van der Waals surface area contributed by atoms with Crippen molar-refractivity contribution in [1.29, 1.82) is 0 Å². The summed E-state index contributed by atoms with van der Waals surface area (Å²) in [6, 6.07) is 14.2. The molecular formula is C33H36N8O2. The number of aryl methyl sites for hydroxylation is 2. The summed E-state index contributed by atoms with van der Waals surface area (Å²) < 4.78 is 10.2. The van der Waals surface area contributed by atoms with Crippen LogP contribution in [0, 0.1) is 18.8 Å². The van der Waals surface area contributed by atoms with Crippen LogP contribution in [0.3, 0.4) is 0 Å². The zero-order valence-electron chi connectivity index (χ0n) is 24.7. The van der Waals surface area contributed by atoms with E-state index in [-0.39, 0.29) is 18.0 Å². The molecule has 10 nitrogen and oxygen atoms in total. The average Bonchev–Trinajstić information content (AvgIpc) is 3.41. The van der Waals surface area contributed by atoms with Gasteiger partial charge in [0.05, 0.1) is 18.3 Å². The molecule has 10 heteroatoms. The highest BCUT2D eigenvalue weighted by atomic mass is 16.5. The van der Waals surface area contributed by atoms with Crippen molar-refractivity contribution in [3.63, 3.8) is 0 Å². The monoisotopic (exact) mass is 576 g/mol. The molecule has 4 aromatic heterocycles. The molecule has 1 amide bonds. The highest BCUT2D eigenvalue weighted by Crippen LogP contribution is 2.40. The van der Waals surface area contributed by atoms with Gasteiger partial charge >= 0.3 is 0 Å². The number of amides is 1. The molecule has 3 aliphatic rings. The number of pyridine rings is 2. The summed E-state index contributed by atoms with van der Waals surface area (Å²) >= 11 is 0. The SMILES string of the molecule is COc1cc(C(=O)N2C[C@H]3CC[C@@H]2[C@@H]3N)cc2nc(-c3cc4ccc(Nc5ccnc(C)c5)nc4n3CC3CC3)n(C)c12. The third kappa shape index (κ3) is 4.34. The Bertz CT molecular complexity index is 1900. The van der Waals surface area contributed by atoms with E-state index in [1.54, 1.807) is 13.3 Å². The number of rotatable bonds is 7. The highest BCUT2D eigenvalue weighted by Gasteiger charge is 2.47. The van der Waals surface area contributed by atoms with E-state index in [0.29, 0.717) is 23.1 Å². The van der Waals surface area contributed by atoms with Gasteiger partial charge in [-0.15, -0.1) is 0 Å². The minimum atomic E-state index is 0.00604. The first-order chi connectivity index (χ1) is 20.9. The predicted octanol–water partition coefficient (Wildman–Crippen LogP) is 5.02. The molecule has 220 valence electrons. The van der Waals surface area contributed by atoms with Crippen molar-refractivity contribution in [2.24, 2.45) is 24.6 Å². The van der Waals surface area contributed by atoms with Crippen LogP contribution in [0.15, 0.2) is 48.7 Å². The largest absolute Gasteiger partial charge is 0.494 e. The summed E-state index contributed by atoms with van der Waals surface area (Å²) in [5.41, 5.74) is 12.4. The minimum absolute atomic E-state index is 0.00604. The summed E-state index contributed by atoms with van der Waals surface area (Å²) in [7, 11) is 3.66. The van der Waals surface area contributed by atoms with Gasteiger partial charge in [-0.1, -0.05) is 0 Å². The Morgan fingerprint density at radius 1 is 1.09 bits per heavy atom. The van der Waals surface area contributed by atoms with Crippen molar-refractivity contribution in [2.75, 3.05) is 19.0 Å². The first-order valence-electron chi connectivity index (χ1n) is 15.2. The lowest BCUT2D eigenvalue weighted by Crippen LogP contribution is -2.41. The third-order valence-corrected chi connectivity index (χ3v) is 9.60. The number of nitrogens with two attached hydrogens (primary N) is 1. The molecule has 3 fully saturated rings. The van der Waals surface area contributed by atoms with Gasteiger partial charge in [0.2, 0.25) is 0 Å². The van der Waals surface area contributed by atoms with Gasteiger partial charge in [-0.2, -0.15) is 0 Å². The molecule has 8 rings (SSSR count). The standard InChI is InChI=1S/C33H36N8O2/c1-18-12-23(10-11-35-18)36-28-9-7-20-14-26(40(31(20)38-28)16-19-4-5-19)32-37-24-13-22(15-27(43-3)30(24)39(32)2)33(42)41-17-21-6-8-25(41)29(21)34/h7,9-15,19,21,25,29H,4-6,8,16-17,34H2,1-3H3,(H,35,36,38)/t21-,25-,29-/m1/s1. The Morgan fingerprint density at radius 3 is 2.67 bits per heavy atom. The molecule has 3 N–H and O–H groups in total. The van der Waals surface area contributed by atoms with E-state index >= 15 is 0 Å². The van der Waals surface area contributed by atoms with Crippen LogP contribution in [0.2, 0.25) is 0 Å². The highest BCUT2D eigenvalue weighted by molar-refractivity contribution is 6.00. The Labute approximate surface area is 249 Å². The lowest BCUT2D eigenvalue weighted by atomic mass is 10.1. The maximum Gasteiger partial charge on any atom is 0.254 e. The van der Waals surface area contributed by atoms with E-state index in [4.69, 9.17) is 20.4 Å². The fourth-order valence-corrected chi connectivity index (χ4v) is 7.16. The van der Waals surface area contributed by atoms with E-state index in [0.717, 1.165) is 76.7 Å². The fourth-order valence-electron chi connectivity index (χ4n) is 7.16. The van der Waals surface area contributed by atoms with Crippen molar-refractivity contribution in [2.45, 2.75) is 51.2 Å². The molecule has 0 spiro atoms. The maximum absolute atomic E-state index is 13.7. The fraction of sp³-hybridized carbons (Fsp3) is 0.394. The van der Waals surface area contributed by atoms with Crippen LogP contribution >= 0.6 is 0 Å². The smallest absolute Gasteiger partial charge is 0.254 e. The summed E-state index contributed by atoms with van der Waals surface area (Å²) in [4.78, 5) is 30.1. The van der Waals surface area contributed by atoms with Crippen LogP contribution in [0.4, 0.5) is 11.5 Å². The molecule has 1 aliphatic heterocycles. The number of likely N-dealkylation sites (tertiary alicyclic amines) is 1. The van der Waals surface area contributed by atoms with Gasteiger partial charge in [-0.3, -0.25) is 9.78 Å². The number of hydrogen-bond acceptors (Lipinski definition) is 7. The molecule has 2 saturated carbocycles. The first-order valence-corrected chi connectivity index (χ1v) is 15.2. The molecule has 0 radical (unpaired) electrons. The maximum atomic E-state index is 13.7. The summed E-state index contributed by atoms with van der Waals surface area (Å²) in [6.45, 7) is 3.58. The number of aromatic nitrogens is 5.